The van der Waals surface area contributed by atoms with E-state index < -0.39 is 6.16 Å². The van der Waals surface area contributed by atoms with Gasteiger partial charge in [-0.3, -0.25) is 0 Å². The smallest absolute Gasteiger partial charge is 0.434 e. The van der Waals surface area contributed by atoms with Gasteiger partial charge in [-0.05, 0) is 37.5 Å². The number of rotatable bonds is 6. The Morgan fingerprint density at radius 2 is 1.82 bits per heavy atom. The summed E-state index contributed by atoms with van der Waals surface area (Å²) in [6.07, 6.45) is 4.11. The van der Waals surface area contributed by atoms with E-state index in [1.807, 2.05) is 12.1 Å². The van der Waals surface area contributed by atoms with Crippen LogP contribution in [0.4, 0.5) is 4.79 Å². The Labute approximate surface area is 103 Å². The van der Waals surface area contributed by atoms with Gasteiger partial charge in [-0.2, -0.15) is 0 Å². The Morgan fingerprint density at radius 1 is 1.12 bits per heavy atom. The van der Waals surface area contributed by atoms with Crippen LogP contribution in [0.3, 0.4) is 0 Å². The molecule has 0 aliphatic heterocycles. The molecule has 0 saturated heterocycles. The molecule has 94 valence electrons. The van der Waals surface area contributed by atoms with Crippen LogP contribution >= 0.6 is 0 Å². The molecule has 3 nitrogen and oxygen atoms in total. The minimum absolute atomic E-state index is 0.327. The molecule has 0 aliphatic carbocycles. The Balaban J connectivity index is 2.41. The standard InChI is InChI=1S/C14H20O3/c1-3-5-6-7-12-8-10-13(11-9-12)17-14(15)16-4-2/h8-11H,3-7H2,1-2H3. The van der Waals surface area contributed by atoms with E-state index in [2.05, 4.69) is 6.92 Å². The van der Waals surface area contributed by atoms with Crippen molar-refractivity contribution in [2.75, 3.05) is 6.61 Å². The third-order valence-corrected chi connectivity index (χ3v) is 2.46. The van der Waals surface area contributed by atoms with Gasteiger partial charge >= 0.3 is 6.16 Å². The third-order valence-electron chi connectivity index (χ3n) is 2.46. The van der Waals surface area contributed by atoms with Gasteiger partial charge in [0.2, 0.25) is 0 Å². The molecule has 0 N–H and O–H groups in total. The highest BCUT2D eigenvalue weighted by Gasteiger charge is 2.04. The predicted molar refractivity (Wildman–Crippen MR) is 67.3 cm³/mol. The number of carbonyl (C=O) groups is 1. The first-order valence-electron chi connectivity index (χ1n) is 6.19. The summed E-state index contributed by atoms with van der Waals surface area (Å²) in [5, 5.41) is 0. The maximum Gasteiger partial charge on any atom is 0.513 e. The molecule has 0 bridgehead atoms. The fourth-order valence-corrected chi connectivity index (χ4v) is 1.55. The summed E-state index contributed by atoms with van der Waals surface area (Å²) in [6, 6.07) is 7.59. The number of unbranched alkanes of at least 4 members (excludes halogenated alkanes) is 2. The molecule has 0 spiro atoms. The maximum atomic E-state index is 11.1. The largest absolute Gasteiger partial charge is 0.513 e. The molecule has 0 aromatic heterocycles. The lowest BCUT2D eigenvalue weighted by atomic mass is 10.1. The first-order chi connectivity index (χ1) is 8.26. The van der Waals surface area contributed by atoms with E-state index in [0.717, 1.165) is 6.42 Å². The summed E-state index contributed by atoms with van der Waals surface area (Å²) in [4.78, 5) is 11.1. The van der Waals surface area contributed by atoms with Crippen LogP contribution in [0.25, 0.3) is 0 Å². The van der Waals surface area contributed by atoms with Crippen LogP contribution in [0.2, 0.25) is 0 Å². The van der Waals surface area contributed by atoms with Gasteiger partial charge in [-0.25, -0.2) is 4.79 Å². The normalized spacial score (nSPS) is 10.0. The lowest BCUT2D eigenvalue weighted by molar-refractivity contribution is 0.104. The van der Waals surface area contributed by atoms with Crippen molar-refractivity contribution in [1.29, 1.82) is 0 Å². The molecule has 0 radical (unpaired) electrons. The lowest BCUT2D eigenvalue weighted by Gasteiger charge is -2.05. The van der Waals surface area contributed by atoms with Gasteiger partial charge in [0.1, 0.15) is 5.75 Å². The number of benzene rings is 1. The predicted octanol–water partition coefficient (Wildman–Crippen LogP) is 3.95. The van der Waals surface area contributed by atoms with Crippen LogP contribution in [-0.2, 0) is 11.2 Å². The fraction of sp³-hybridized carbons (Fsp3) is 0.500. The average Bonchev–Trinajstić information content (AvgIpc) is 2.32. The zero-order valence-electron chi connectivity index (χ0n) is 10.6. The van der Waals surface area contributed by atoms with Crippen LogP contribution in [0, 0.1) is 0 Å². The maximum absolute atomic E-state index is 11.1. The number of carbonyl (C=O) groups excluding carboxylic acids is 1. The van der Waals surface area contributed by atoms with Crippen molar-refractivity contribution in [2.24, 2.45) is 0 Å². The van der Waals surface area contributed by atoms with Crippen LogP contribution in [0.5, 0.6) is 5.75 Å². The van der Waals surface area contributed by atoms with Gasteiger partial charge in [-0.1, -0.05) is 31.9 Å². The monoisotopic (exact) mass is 236 g/mol. The third kappa shape index (κ3) is 5.38. The highest BCUT2D eigenvalue weighted by atomic mass is 16.7. The Morgan fingerprint density at radius 3 is 2.41 bits per heavy atom. The number of ether oxygens (including phenoxy) is 2. The molecular weight excluding hydrogens is 216 g/mol. The summed E-state index contributed by atoms with van der Waals surface area (Å²) in [5.74, 6) is 0.530. The van der Waals surface area contributed by atoms with Gasteiger partial charge in [0.15, 0.2) is 0 Å². The summed E-state index contributed by atoms with van der Waals surface area (Å²) >= 11 is 0. The zero-order chi connectivity index (χ0) is 12.5. The minimum atomic E-state index is -0.647. The Hall–Kier alpha value is -1.51. The van der Waals surface area contributed by atoms with E-state index in [9.17, 15) is 4.79 Å². The van der Waals surface area contributed by atoms with Crippen molar-refractivity contribution in [3.63, 3.8) is 0 Å². The summed E-state index contributed by atoms with van der Waals surface area (Å²) in [5.41, 5.74) is 1.27. The van der Waals surface area contributed by atoms with Crippen LogP contribution < -0.4 is 4.74 Å². The minimum Gasteiger partial charge on any atom is -0.434 e. The molecule has 0 aliphatic rings. The van der Waals surface area contributed by atoms with Crippen LogP contribution in [-0.4, -0.2) is 12.8 Å². The van der Waals surface area contributed by atoms with Crippen molar-refractivity contribution in [3.05, 3.63) is 29.8 Å². The number of hydrogen-bond donors (Lipinski definition) is 0. The average molecular weight is 236 g/mol. The van der Waals surface area contributed by atoms with E-state index in [1.54, 1.807) is 19.1 Å². The van der Waals surface area contributed by atoms with Crippen LogP contribution in [0.1, 0.15) is 38.7 Å². The van der Waals surface area contributed by atoms with E-state index >= 15 is 0 Å². The molecule has 0 heterocycles. The first-order valence-corrected chi connectivity index (χ1v) is 6.19. The summed E-state index contributed by atoms with van der Waals surface area (Å²) < 4.78 is 9.67. The van der Waals surface area contributed by atoms with E-state index in [-0.39, 0.29) is 0 Å². The highest BCUT2D eigenvalue weighted by molar-refractivity contribution is 5.63. The molecule has 0 unspecified atom stereocenters. The van der Waals surface area contributed by atoms with Crippen molar-refractivity contribution >= 4 is 6.16 Å². The van der Waals surface area contributed by atoms with Gasteiger partial charge in [0, 0.05) is 0 Å². The fourth-order valence-electron chi connectivity index (χ4n) is 1.55. The summed E-state index contributed by atoms with van der Waals surface area (Å²) in [6.45, 7) is 4.27. The van der Waals surface area contributed by atoms with Crippen molar-refractivity contribution in [2.45, 2.75) is 39.5 Å². The quantitative estimate of drug-likeness (QED) is 0.426. The SMILES string of the molecule is CCCCCc1ccc(OC(=O)OCC)cc1. The molecule has 0 fully saturated rings. The second kappa shape index (κ2) is 7.71. The second-order valence-electron chi connectivity index (χ2n) is 3.89. The van der Waals surface area contributed by atoms with Gasteiger partial charge in [0.25, 0.3) is 0 Å². The molecule has 0 atom stereocenters. The van der Waals surface area contributed by atoms with Crippen LogP contribution in [0.15, 0.2) is 24.3 Å². The molecular formula is C14H20O3. The molecule has 0 amide bonds. The van der Waals surface area contributed by atoms with Gasteiger partial charge in [0.05, 0.1) is 6.61 Å². The molecule has 17 heavy (non-hydrogen) atoms. The summed E-state index contributed by atoms with van der Waals surface area (Å²) in [7, 11) is 0. The molecule has 1 rings (SSSR count). The number of aryl methyl sites for hydroxylation is 1. The molecule has 1 aromatic carbocycles. The Kier molecular flexibility index (Phi) is 6.15. The Bertz CT molecular complexity index is 330. The molecule has 0 saturated carbocycles. The zero-order valence-corrected chi connectivity index (χ0v) is 10.6. The van der Waals surface area contributed by atoms with Crippen molar-refractivity contribution in [3.8, 4) is 5.75 Å². The van der Waals surface area contributed by atoms with Gasteiger partial charge < -0.3 is 9.47 Å². The highest BCUT2D eigenvalue weighted by Crippen LogP contribution is 2.14. The molecule has 1 aromatic rings. The van der Waals surface area contributed by atoms with E-state index in [4.69, 9.17) is 9.47 Å². The topological polar surface area (TPSA) is 35.5 Å². The van der Waals surface area contributed by atoms with E-state index in [1.165, 1.54) is 24.8 Å². The molecule has 3 heteroatoms. The van der Waals surface area contributed by atoms with Crippen molar-refractivity contribution < 1.29 is 14.3 Å². The van der Waals surface area contributed by atoms with E-state index in [0.29, 0.717) is 12.4 Å². The van der Waals surface area contributed by atoms with Gasteiger partial charge in [-0.15, -0.1) is 0 Å². The first kappa shape index (κ1) is 13.6. The second-order valence-corrected chi connectivity index (χ2v) is 3.89. The van der Waals surface area contributed by atoms with Crippen molar-refractivity contribution in [1.82, 2.24) is 0 Å². The number of hydrogen-bond acceptors (Lipinski definition) is 3. The lowest BCUT2D eigenvalue weighted by Crippen LogP contribution is -2.09.